The van der Waals surface area contributed by atoms with E-state index in [2.05, 4.69) is 10.00 Å². The lowest BCUT2D eigenvalue weighted by Crippen LogP contribution is -2.38. The highest BCUT2D eigenvalue weighted by Crippen LogP contribution is 2.30. The molecule has 0 atom stereocenters. The molecule has 7 nitrogen and oxygen atoms in total. The van der Waals surface area contributed by atoms with Gasteiger partial charge < -0.3 is 14.5 Å². The number of halogens is 3. The third kappa shape index (κ3) is 5.37. The lowest BCUT2D eigenvalue weighted by atomic mass is 10.1. The van der Waals surface area contributed by atoms with Gasteiger partial charge in [-0.25, -0.2) is 4.68 Å². The predicted molar refractivity (Wildman–Crippen MR) is 125 cm³/mol. The third-order valence-electron chi connectivity index (χ3n) is 5.83. The Kier molecular flexibility index (Phi) is 6.93. The van der Waals surface area contributed by atoms with Crippen LogP contribution in [0.3, 0.4) is 0 Å². The number of aromatic nitrogens is 2. The zero-order chi connectivity index (χ0) is 25.2. The molecule has 1 aliphatic rings. The Bertz CT molecular complexity index is 1280. The first-order valence-electron chi connectivity index (χ1n) is 11.1. The minimum Gasteiger partial charge on any atom is -0.378 e. The summed E-state index contributed by atoms with van der Waals surface area (Å²) in [5, 5.41) is 4.16. The Morgan fingerprint density at radius 2 is 1.80 bits per heavy atom. The van der Waals surface area contributed by atoms with E-state index in [0.29, 0.717) is 18.9 Å². The summed E-state index contributed by atoms with van der Waals surface area (Å²) in [5.41, 5.74) is 0.491. The van der Waals surface area contributed by atoms with Crippen molar-refractivity contribution in [2.24, 2.45) is 0 Å². The molecule has 0 bridgehead atoms. The number of morpholine rings is 1. The first kappa shape index (κ1) is 24.5. The molecule has 0 N–H and O–H groups in total. The van der Waals surface area contributed by atoms with Gasteiger partial charge in [0, 0.05) is 44.1 Å². The van der Waals surface area contributed by atoms with Crippen LogP contribution in [0.15, 0.2) is 59.4 Å². The highest BCUT2D eigenvalue weighted by molar-refractivity contribution is 5.92. The third-order valence-corrected chi connectivity index (χ3v) is 5.83. The molecular formula is C25H25F3N4O3. The molecule has 35 heavy (non-hydrogen) atoms. The van der Waals surface area contributed by atoms with Crippen LogP contribution >= 0.6 is 0 Å². The maximum atomic E-state index is 13.2. The lowest BCUT2D eigenvalue weighted by molar-refractivity contribution is -0.137. The van der Waals surface area contributed by atoms with E-state index < -0.39 is 23.1 Å². The number of carbonyl (C=O) groups excluding carboxylic acids is 1. The standard InChI is InChI=1S/C25H25F3N4O3/c1-17-14-22(33)23(29-32(17)20-8-5-7-19(15-20)25(26,27)28)24(34)30(2)16-18-6-3-4-9-21(18)31-10-12-35-13-11-31/h3-9,14-15H,10-13,16H2,1-2H3. The second-order valence-corrected chi connectivity index (χ2v) is 8.35. The van der Waals surface area contributed by atoms with Gasteiger partial charge in [0.15, 0.2) is 5.69 Å². The second-order valence-electron chi connectivity index (χ2n) is 8.35. The van der Waals surface area contributed by atoms with Crippen molar-refractivity contribution in [2.45, 2.75) is 19.6 Å². The predicted octanol–water partition coefficient (Wildman–Crippen LogP) is 3.67. The lowest BCUT2D eigenvalue weighted by Gasteiger charge is -2.31. The van der Waals surface area contributed by atoms with E-state index in [9.17, 15) is 22.8 Å². The molecule has 1 aliphatic heterocycles. The van der Waals surface area contributed by atoms with Gasteiger partial charge in [0.1, 0.15) is 0 Å². The fourth-order valence-corrected chi connectivity index (χ4v) is 4.04. The topological polar surface area (TPSA) is 67.7 Å². The number of carbonyl (C=O) groups is 1. The smallest absolute Gasteiger partial charge is 0.378 e. The molecule has 0 saturated carbocycles. The highest BCUT2D eigenvalue weighted by Gasteiger charge is 2.31. The van der Waals surface area contributed by atoms with Crippen LogP contribution in [0.4, 0.5) is 18.9 Å². The second kappa shape index (κ2) is 9.91. The summed E-state index contributed by atoms with van der Waals surface area (Å²) in [6.07, 6.45) is -4.53. The Balaban J connectivity index is 1.63. The van der Waals surface area contributed by atoms with Crippen LogP contribution in [0.1, 0.15) is 27.3 Å². The largest absolute Gasteiger partial charge is 0.416 e. The molecule has 10 heteroatoms. The van der Waals surface area contributed by atoms with Crippen LogP contribution in [0, 0.1) is 6.92 Å². The summed E-state index contributed by atoms with van der Waals surface area (Å²) in [7, 11) is 1.56. The summed E-state index contributed by atoms with van der Waals surface area (Å²) in [4.78, 5) is 29.4. The molecule has 0 unspecified atom stereocenters. The number of alkyl halides is 3. The first-order valence-corrected chi connectivity index (χ1v) is 11.1. The van der Waals surface area contributed by atoms with Crippen LogP contribution in [0.5, 0.6) is 0 Å². The summed E-state index contributed by atoms with van der Waals surface area (Å²) in [5.74, 6) is -0.618. The number of amides is 1. The molecule has 4 rings (SSSR count). The number of para-hydroxylation sites is 1. The van der Waals surface area contributed by atoms with E-state index in [1.165, 1.54) is 27.8 Å². The molecule has 0 spiro atoms. The Labute approximate surface area is 200 Å². The number of aryl methyl sites for hydroxylation is 1. The van der Waals surface area contributed by atoms with Gasteiger partial charge in [-0.3, -0.25) is 9.59 Å². The molecule has 184 valence electrons. The van der Waals surface area contributed by atoms with Gasteiger partial charge in [-0.15, -0.1) is 0 Å². The van der Waals surface area contributed by atoms with Gasteiger partial charge in [0.2, 0.25) is 5.43 Å². The maximum Gasteiger partial charge on any atom is 0.416 e. The van der Waals surface area contributed by atoms with Gasteiger partial charge >= 0.3 is 6.18 Å². The summed E-state index contributed by atoms with van der Waals surface area (Å²) in [6, 6.07) is 13.5. The van der Waals surface area contributed by atoms with Crippen LogP contribution in [-0.4, -0.2) is 53.9 Å². The van der Waals surface area contributed by atoms with Crippen LogP contribution < -0.4 is 10.3 Å². The van der Waals surface area contributed by atoms with Crippen molar-refractivity contribution in [3.63, 3.8) is 0 Å². The van der Waals surface area contributed by atoms with Gasteiger partial charge in [0.25, 0.3) is 5.91 Å². The van der Waals surface area contributed by atoms with E-state index >= 15 is 0 Å². The van der Waals surface area contributed by atoms with E-state index in [0.717, 1.165) is 36.5 Å². The zero-order valence-corrected chi connectivity index (χ0v) is 19.4. The van der Waals surface area contributed by atoms with E-state index in [1.807, 2.05) is 24.3 Å². The maximum absolute atomic E-state index is 13.2. The average Bonchev–Trinajstić information content (AvgIpc) is 2.84. The van der Waals surface area contributed by atoms with Crippen molar-refractivity contribution in [3.8, 4) is 5.69 Å². The van der Waals surface area contributed by atoms with Gasteiger partial charge in [-0.2, -0.15) is 18.3 Å². The molecule has 1 fully saturated rings. The first-order chi connectivity index (χ1) is 16.6. The number of nitrogens with zero attached hydrogens (tertiary/aromatic N) is 4. The van der Waals surface area contributed by atoms with Gasteiger partial charge in [0.05, 0.1) is 24.5 Å². The summed E-state index contributed by atoms with van der Waals surface area (Å²) in [6.45, 7) is 4.47. The monoisotopic (exact) mass is 486 g/mol. The van der Waals surface area contributed by atoms with Gasteiger partial charge in [-0.1, -0.05) is 24.3 Å². The molecule has 1 amide bonds. The molecule has 1 aromatic heterocycles. The fourth-order valence-electron chi connectivity index (χ4n) is 4.04. The quantitative estimate of drug-likeness (QED) is 0.551. The Morgan fingerprint density at radius 3 is 2.51 bits per heavy atom. The number of rotatable bonds is 5. The minimum atomic E-state index is -4.53. The Morgan fingerprint density at radius 1 is 1.09 bits per heavy atom. The molecule has 2 heterocycles. The SMILES string of the molecule is Cc1cc(=O)c(C(=O)N(C)Cc2ccccc2N2CCOCC2)nn1-c1cccc(C(F)(F)F)c1. The normalized spacial score (nSPS) is 14.1. The van der Waals surface area contributed by atoms with Crippen molar-refractivity contribution in [1.82, 2.24) is 14.7 Å². The number of ether oxygens (including phenoxy) is 1. The van der Waals surface area contributed by atoms with Crippen molar-refractivity contribution < 1.29 is 22.7 Å². The molecule has 1 saturated heterocycles. The van der Waals surface area contributed by atoms with Crippen molar-refractivity contribution in [3.05, 3.63) is 87.3 Å². The molecule has 0 radical (unpaired) electrons. The average molecular weight is 486 g/mol. The van der Waals surface area contributed by atoms with Crippen LogP contribution in [0.25, 0.3) is 5.69 Å². The van der Waals surface area contributed by atoms with Crippen molar-refractivity contribution in [2.75, 3.05) is 38.3 Å². The van der Waals surface area contributed by atoms with E-state index in [-0.39, 0.29) is 17.9 Å². The van der Waals surface area contributed by atoms with Crippen molar-refractivity contribution in [1.29, 1.82) is 0 Å². The number of benzene rings is 2. The molecule has 0 aliphatic carbocycles. The zero-order valence-electron chi connectivity index (χ0n) is 19.4. The van der Waals surface area contributed by atoms with Crippen LogP contribution in [0.2, 0.25) is 0 Å². The molecule has 3 aromatic rings. The summed E-state index contributed by atoms with van der Waals surface area (Å²) < 4.78 is 46.2. The molecule has 2 aromatic carbocycles. The van der Waals surface area contributed by atoms with Crippen molar-refractivity contribution >= 4 is 11.6 Å². The van der Waals surface area contributed by atoms with Crippen LogP contribution in [-0.2, 0) is 17.5 Å². The summed E-state index contributed by atoms with van der Waals surface area (Å²) >= 11 is 0. The number of hydrogen-bond acceptors (Lipinski definition) is 5. The molecular weight excluding hydrogens is 461 g/mol. The van der Waals surface area contributed by atoms with E-state index in [4.69, 9.17) is 4.74 Å². The Hall–Kier alpha value is -3.66. The number of anilines is 1. The number of hydrogen-bond donors (Lipinski definition) is 0. The van der Waals surface area contributed by atoms with Gasteiger partial charge in [-0.05, 0) is 36.8 Å². The highest BCUT2D eigenvalue weighted by atomic mass is 19.4. The minimum absolute atomic E-state index is 0.103. The van der Waals surface area contributed by atoms with E-state index in [1.54, 1.807) is 14.0 Å². The fraction of sp³-hybridized carbons (Fsp3) is 0.320.